The van der Waals surface area contributed by atoms with Gasteiger partial charge in [-0.15, -0.1) is 0 Å². The van der Waals surface area contributed by atoms with Gasteiger partial charge in [0.15, 0.2) is 0 Å². The number of rotatable bonds is 3. The molecule has 0 unspecified atom stereocenters. The first-order valence-electron chi connectivity index (χ1n) is 6.33. The van der Waals surface area contributed by atoms with Crippen molar-refractivity contribution in [2.24, 2.45) is 0 Å². The second-order valence-corrected chi connectivity index (χ2v) is 4.66. The van der Waals surface area contributed by atoms with E-state index in [4.69, 9.17) is 0 Å². The fourth-order valence-electron chi connectivity index (χ4n) is 2.73. The zero-order chi connectivity index (χ0) is 11.7. The van der Waals surface area contributed by atoms with Crippen molar-refractivity contribution in [2.45, 2.75) is 19.3 Å². The first-order chi connectivity index (χ1) is 8.40. The maximum absolute atomic E-state index is 3.37. The number of H-pyrrole nitrogens is 1. The van der Waals surface area contributed by atoms with E-state index < -0.39 is 0 Å². The van der Waals surface area contributed by atoms with Crippen LogP contribution in [0.3, 0.4) is 0 Å². The molecule has 1 aliphatic rings. The Bertz CT molecular complexity index is 563. The Morgan fingerprint density at radius 3 is 3.18 bits per heavy atom. The number of aromatic nitrogens is 1. The summed E-state index contributed by atoms with van der Waals surface area (Å²) in [5.74, 6) is 0. The number of aryl methyl sites for hydroxylation is 1. The lowest BCUT2D eigenvalue weighted by molar-refractivity contribution is 0.806. The molecule has 2 heteroatoms. The number of hydrogen-bond acceptors (Lipinski definition) is 1. The van der Waals surface area contributed by atoms with Crippen LogP contribution in [0.5, 0.6) is 0 Å². The van der Waals surface area contributed by atoms with Crippen molar-refractivity contribution >= 4 is 16.5 Å². The summed E-state index contributed by atoms with van der Waals surface area (Å²) < 4.78 is 0. The van der Waals surface area contributed by atoms with Gasteiger partial charge < -0.3 is 10.3 Å². The number of nitrogens with one attached hydrogen (secondary N) is 2. The molecule has 3 rings (SSSR count). The van der Waals surface area contributed by atoms with Crippen LogP contribution >= 0.6 is 0 Å². The molecule has 1 heterocycles. The fraction of sp³-hybridized carbons (Fsp3) is 0.333. The third-order valence-corrected chi connectivity index (χ3v) is 3.58. The van der Waals surface area contributed by atoms with E-state index in [0.717, 1.165) is 13.0 Å². The average Bonchev–Trinajstić information content (AvgIpc) is 2.78. The SMILES string of the molecule is CNCC/C=C1\CCc2c[nH]c3cccc1c23. The number of benzene rings is 1. The van der Waals surface area contributed by atoms with E-state index in [9.17, 15) is 0 Å². The van der Waals surface area contributed by atoms with Gasteiger partial charge in [0.1, 0.15) is 0 Å². The Hall–Kier alpha value is -1.54. The molecule has 1 aromatic heterocycles. The highest BCUT2D eigenvalue weighted by atomic mass is 14.8. The molecule has 0 fully saturated rings. The summed E-state index contributed by atoms with van der Waals surface area (Å²) in [4.78, 5) is 3.37. The zero-order valence-corrected chi connectivity index (χ0v) is 10.2. The minimum absolute atomic E-state index is 1.06. The van der Waals surface area contributed by atoms with Gasteiger partial charge in [-0.2, -0.15) is 0 Å². The minimum atomic E-state index is 1.06. The molecule has 88 valence electrons. The van der Waals surface area contributed by atoms with Crippen LogP contribution in [0.2, 0.25) is 0 Å². The van der Waals surface area contributed by atoms with Crippen molar-refractivity contribution in [3.05, 3.63) is 41.6 Å². The van der Waals surface area contributed by atoms with Crippen molar-refractivity contribution in [3.8, 4) is 0 Å². The van der Waals surface area contributed by atoms with E-state index in [2.05, 4.69) is 40.8 Å². The van der Waals surface area contributed by atoms with Crippen LogP contribution in [0, 0.1) is 0 Å². The molecule has 17 heavy (non-hydrogen) atoms. The number of allylic oxidation sites excluding steroid dienone is 1. The predicted octanol–water partition coefficient (Wildman–Crippen LogP) is 3.11. The molecule has 1 aliphatic carbocycles. The normalized spacial score (nSPS) is 16.9. The van der Waals surface area contributed by atoms with Crippen LogP contribution in [-0.4, -0.2) is 18.6 Å². The van der Waals surface area contributed by atoms with Gasteiger partial charge in [-0.25, -0.2) is 0 Å². The Kier molecular flexibility index (Phi) is 2.73. The smallest absolute Gasteiger partial charge is 0.0462 e. The summed E-state index contributed by atoms with van der Waals surface area (Å²) in [5.41, 5.74) is 5.69. The molecule has 0 radical (unpaired) electrons. The monoisotopic (exact) mass is 226 g/mol. The summed E-state index contributed by atoms with van der Waals surface area (Å²) >= 11 is 0. The van der Waals surface area contributed by atoms with Crippen LogP contribution in [0.4, 0.5) is 0 Å². The first-order valence-corrected chi connectivity index (χ1v) is 6.33. The second-order valence-electron chi connectivity index (χ2n) is 4.66. The van der Waals surface area contributed by atoms with Gasteiger partial charge in [0.05, 0.1) is 0 Å². The Morgan fingerprint density at radius 1 is 1.35 bits per heavy atom. The lowest BCUT2D eigenvalue weighted by atomic mass is 9.88. The molecule has 0 aliphatic heterocycles. The molecule has 0 bridgehead atoms. The maximum atomic E-state index is 3.37. The highest BCUT2D eigenvalue weighted by Gasteiger charge is 2.16. The van der Waals surface area contributed by atoms with Crippen molar-refractivity contribution in [1.82, 2.24) is 10.3 Å². The summed E-state index contributed by atoms with van der Waals surface area (Å²) in [6, 6.07) is 6.57. The molecular formula is C15H18N2. The summed E-state index contributed by atoms with van der Waals surface area (Å²) in [7, 11) is 2.00. The van der Waals surface area contributed by atoms with Gasteiger partial charge in [0.2, 0.25) is 0 Å². The predicted molar refractivity (Wildman–Crippen MR) is 73.1 cm³/mol. The molecule has 0 atom stereocenters. The minimum Gasteiger partial charge on any atom is -0.361 e. The molecule has 2 nitrogen and oxygen atoms in total. The van der Waals surface area contributed by atoms with Gasteiger partial charge in [-0.05, 0) is 55.6 Å². The van der Waals surface area contributed by atoms with Gasteiger partial charge in [0, 0.05) is 17.1 Å². The Balaban J connectivity index is 2.05. The second kappa shape index (κ2) is 4.38. The van der Waals surface area contributed by atoms with Gasteiger partial charge in [-0.3, -0.25) is 0 Å². The zero-order valence-electron chi connectivity index (χ0n) is 10.2. The number of aromatic amines is 1. The first kappa shape index (κ1) is 10.6. The summed E-state index contributed by atoms with van der Waals surface area (Å²) in [6.07, 6.45) is 8.01. The van der Waals surface area contributed by atoms with Crippen molar-refractivity contribution in [3.63, 3.8) is 0 Å². The van der Waals surface area contributed by atoms with Crippen LogP contribution in [0.25, 0.3) is 16.5 Å². The average molecular weight is 226 g/mol. The molecule has 0 saturated carbocycles. The number of hydrogen-bond donors (Lipinski definition) is 2. The molecule has 0 spiro atoms. The fourth-order valence-corrected chi connectivity index (χ4v) is 2.73. The molecular weight excluding hydrogens is 208 g/mol. The third kappa shape index (κ3) is 1.79. The highest BCUT2D eigenvalue weighted by Crippen LogP contribution is 2.35. The van der Waals surface area contributed by atoms with Crippen molar-refractivity contribution < 1.29 is 0 Å². The van der Waals surface area contributed by atoms with Gasteiger partial charge >= 0.3 is 0 Å². The lowest BCUT2D eigenvalue weighted by Crippen LogP contribution is -2.06. The van der Waals surface area contributed by atoms with Gasteiger partial charge in [0.25, 0.3) is 0 Å². The van der Waals surface area contributed by atoms with Crippen LogP contribution in [0.1, 0.15) is 24.0 Å². The quantitative estimate of drug-likeness (QED) is 0.773. The molecule has 2 aromatic rings. The molecule has 0 amide bonds. The lowest BCUT2D eigenvalue weighted by Gasteiger charge is -2.16. The Labute approximate surface area is 102 Å². The third-order valence-electron chi connectivity index (χ3n) is 3.58. The van der Waals surface area contributed by atoms with E-state index in [-0.39, 0.29) is 0 Å². The van der Waals surface area contributed by atoms with E-state index >= 15 is 0 Å². The van der Waals surface area contributed by atoms with E-state index in [1.54, 1.807) is 0 Å². The molecule has 2 N–H and O–H groups in total. The standard InChI is InChI=1S/C15H18N2/c1-16-9-3-4-11-7-8-12-10-17-14-6-2-5-13(11)15(12)14/h2,4-6,10,16-17H,3,7-9H2,1H3/b11-4+. The van der Waals surface area contributed by atoms with Crippen LogP contribution in [0.15, 0.2) is 30.5 Å². The van der Waals surface area contributed by atoms with Crippen LogP contribution < -0.4 is 5.32 Å². The van der Waals surface area contributed by atoms with Gasteiger partial charge in [-0.1, -0.05) is 18.2 Å². The summed E-state index contributed by atoms with van der Waals surface area (Å²) in [5, 5.41) is 4.63. The van der Waals surface area contributed by atoms with Crippen molar-refractivity contribution in [1.29, 1.82) is 0 Å². The Morgan fingerprint density at radius 2 is 2.29 bits per heavy atom. The highest BCUT2D eigenvalue weighted by molar-refractivity contribution is 5.96. The van der Waals surface area contributed by atoms with E-state index in [1.807, 2.05) is 7.05 Å². The van der Waals surface area contributed by atoms with E-state index in [1.165, 1.54) is 40.4 Å². The van der Waals surface area contributed by atoms with Crippen molar-refractivity contribution in [2.75, 3.05) is 13.6 Å². The molecule has 0 saturated heterocycles. The largest absolute Gasteiger partial charge is 0.361 e. The van der Waals surface area contributed by atoms with E-state index in [0.29, 0.717) is 0 Å². The maximum Gasteiger partial charge on any atom is 0.0462 e. The molecule has 1 aromatic carbocycles. The summed E-state index contributed by atoms with van der Waals surface area (Å²) in [6.45, 7) is 1.06. The topological polar surface area (TPSA) is 27.8 Å². The van der Waals surface area contributed by atoms with Crippen LogP contribution in [-0.2, 0) is 6.42 Å².